The summed E-state index contributed by atoms with van der Waals surface area (Å²) in [6, 6.07) is 6.05. The molecule has 0 bridgehead atoms. The van der Waals surface area contributed by atoms with E-state index in [1.807, 2.05) is 10.3 Å². The van der Waals surface area contributed by atoms with Crippen LogP contribution in [0.2, 0.25) is 0 Å². The lowest BCUT2D eigenvalue weighted by atomic mass is 10.1. The number of carbonyl (C=O) groups is 1. The fraction of sp³-hybridized carbons (Fsp3) is 0.381. The van der Waals surface area contributed by atoms with Crippen molar-refractivity contribution in [2.45, 2.75) is 38.6 Å². The van der Waals surface area contributed by atoms with Crippen LogP contribution in [-0.2, 0) is 11.3 Å². The summed E-state index contributed by atoms with van der Waals surface area (Å²) in [7, 11) is 0. The Balaban J connectivity index is 1.64. The van der Waals surface area contributed by atoms with Crippen LogP contribution >= 0.6 is 11.3 Å². The van der Waals surface area contributed by atoms with Gasteiger partial charge in [-0.25, -0.2) is 9.37 Å². The average molecular weight is 399 g/mol. The van der Waals surface area contributed by atoms with Crippen molar-refractivity contribution >= 4 is 27.5 Å². The highest BCUT2D eigenvalue weighted by Crippen LogP contribution is 2.30. The van der Waals surface area contributed by atoms with Gasteiger partial charge >= 0.3 is 0 Å². The molecule has 0 radical (unpaired) electrons. The fourth-order valence-electron chi connectivity index (χ4n) is 3.66. The van der Waals surface area contributed by atoms with Gasteiger partial charge in [0.2, 0.25) is 5.91 Å². The minimum atomic E-state index is -0.322. The second kappa shape index (κ2) is 8.22. The van der Waals surface area contributed by atoms with Crippen molar-refractivity contribution < 1.29 is 9.18 Å². The summed E-state index contributed by atoms with van der Waals surface area (Å²) in [6.07, 6.45) is 7.00. The van der Waals surface area contributed by atoms with E-state index in [-0.39, 0.29) is 23.8 Å². The lowest BCUT2D eigenvalue weighted by Gasteiger charge is -2.25. The number of amides is 1. The predicted molar refractivity (Wildman–Crippen MR) is 109 cm³/mol. The van der Waals surface area contributed by atoms with Gasteiger partial charge in [-0.1, -0.05) is 31.4 Å². The average Bonchev–Trinajstić information content (AvgIpc) is 3.09. The standard InChI is InChI=1S/C21H22FN3O2S/c22-16-8-6-15(7-9-16)17-13-28-20-19(17)21(27)25(14-23-20)12-18(26)24-10-4-2-1-3-5-11-24/h6-9,13-14H,1-5,10-12H2. The van der Waals surface area contributed by atoms with Crippen molar-refractivity contribution in [1.82, 2.24) is 14.5 Å². The highest BCUT2D eigenvalue weighted by Gasteiger charge is 2.18. The number of halogens is 1. The number of rotatable bonds is 3. The summed E-state index contributed by atoms with van der Waals surface area (Å²) < 4.78 is 14.6. The van der Waals surface area contributed by atoms with Crippen LogP contribution in [0.15, 0.2) is 40.8 Å². The third-order valence-electron chi connectivity index (χ3n) is 5.23. The molecule has 4 rings (SSSR count). The van der Waals surface area contributed by atoms with E-state index >= 15 is 0 Å². The van der Waals surface area contributed by atoms with Crippen molar-refractivity contribution in [3.63, 3.8) is 0 Å². The number of benzene rings is 1. The lowest BCUT2D eigenvalue weighted by Crippen LogP contribution is -2.38. The molecule has 1 saturated heterocycles. The molecule has 7 heteroatoms. The molecule has 0 spiro atoms. The number of thiophene rings is 1. The van der Waals surface area contributed by atoms with Crippen molar-refractivity contribution in [1.29, 1.82) is 0 Å². The van der Waals surface area contributed by atoms with E-state index in [0.29, 0.717) is 10.2 Å². The minimum absolute atomic E-state index is 0.000474. The van der Waals surface area contributed by atoms with E-state index in [1.165, 1.54) is 40.8 Å². The number of carbonyl (C=O) groups excluding carboxylic acids is 1. The molecule has 0 atom stereocenters. The number of hydrogen-bond acceptors (Lipinski definition) is 4. The van der Waals surface area contributed by atoms with E-state index in [0.717, 1.165) is 49.9 Å². The summed E-state index contributed by atoms with van der Waals surface area (Å²) in [5.74, 6) is -0.360. The monoisotopic (exact) mass is 399 g/mol. The molecule has 1 aliphatic heterocycles. The van der Waals surface area contributed by atoms with Crippen LogP contribution in [0.25, 0.3) is 21.3 Å². The third kappa shape index (κ3) is 3.85. The molecular weight excluding hydrogens is 377 g/mol. The Morgan fingerprint density at radius 2 is 1.75 bits per heavy atom. The van der Waals surface area contributed by atoms with Gasteiger partial charge in [0, 0.05) is 24.0 Å². The number of nitrogens with zero attached hydrogens (tertiary/aromatic N) is 3. The normalized spacial score (nSPS) is 15.4. The van der Waals surface area contributed by atoms with Crippen LogP contribution < -0.4 is 5.56 Å². The zero-order valence-corrected chi connectivity index (χ0v) is 16.4. The summed E-state index contributed by atoms with van der Waals surface area (Å²) in [4.78, 5) is 32.7. The predicted octanol–water partition coefficient (Wildman–Crippen LogP) is 4.06. The van der Waals surface area contributed by atoms with Crippen LogP contribution in [0.5, 0.6) is 0 Å². The van der Waals surface area contributed by atoms with Crippen LogP contribution in [0.4, 0.5) is 4.39 Å². The molecule has 5 nitrogen and oxygen atoms in total. The topological polar surface area (TPSA) is 55.2 Å². The Labute approximate surface area is 166 Å². The van der Waals surface area contributed by atoms with Gasteiger partial charge in [-0.3, -0.25) is 14.2 Å². The molecule has 3 aromatic rings. The van der Waals surface area contributed by atoms with Crippen LogP contribution in [-0.4, -0.2) is 33.4 Å². The van der Waals surface area contributed by atoms with Gasteiger partial charge in [0.15, 0.2) is 0 Å². The van der Waals surface area contributed by atoms with Gasteiger partial charge < -0.3 is 4.90 Å². The molecule has 1 aliphatic rings. The zero-order valence-electron chi connectivity index (χ0n) is 15.6. The first-order valence-corrected chi connectivity index (χ1v) is 10.5. The molecule has 0 unspecified atom stereocenters. The molecule has 28 heavy (non-hydrogen) atoms. The fourth-order valence-corrected chi connectivity index (χ4v) is 4.57. The van der Waals surface area contributed by atoms with E-state index in [2.05, 4.69) is 4.98 Å². The summed E-state index contributed by atoms with van der Waals surface area (Å²) in [5, 5.41) is 2.34. The molecule has 0 saturated carbocycles. The van der Waals surface area contributed by atoms with E-state index < -0.39 is 0 Å². The summed E-state index contributed by atoms with van der Waals surface area (Å²) >= 11 is 1.37. The first-order valence-electron chi connectivity index (χ1n) is 9.64. The molecule has 1 aromatic carbocycles. The highest BCUT2D eigenvalue weighted by molar-refractivity contribution is 7.17. The van der Waals surface area contributed by atoms with Crippen LogP contribution in [0.1, 0.15) is 32.1 Å². The Morgan fingerprint density at radius 1 is 1.07 bits per heavy atom. The zero-order chi connectivity index (χ0) is 19.5. The molecule has 0 aliphatic carbocycles. The third-order valence-corrected chi connectivity index (χ3v) is 6.12. The van der Waals surface area contributed by atoms with Gasteiger partial charge in [-0.15, -0.1) is 11.3 Å². The molecule has 0 N–H and O–H groups in total. The van der Waals surface area contributed by atoms with Gasteiger partial charge in [0.1, 0.15) is 17.2 Å². The molecule has 1 fully saturated rings. The molecular formula is C21H22FN3O2S. The summed E-state index contributed by atoms with van der Waals surface area (Å²) in [5.41, 5.74) is 1.26. The Bertz CT molecular complexity index is 1030. The van der Waals surface area contributed by atoms with Crippen molar-refractivity contribution in [2.24, 2.45) is 0 Å². The minimum Gasteiger partial charge on any atom is -0.341 e. The lowest BCUT2D eigenvalue weighted by molar-refractivity contribution is -0.132. The number of fused-ring (bicyclic) bond motifs is 1. The van der Waals surface area contributed by atoms with Crippen molar-refractivity contribution in [3.05, 3.63) is 52.1 Å². The molecule has 146 valence electrons. The van der Waals surface area contributed by atoms with Gasteiger partial charge in [0.05, 0.1) is 11.7 Å². The first-order chi connectivity index (χ1) is 13.6. The highest BCUT2D eigenvalue weighted by atomic mass is 32.1. The Morgan fingerprint density at radius 3 is 2.46 bits per heavy atom. The SMILES string of the molecule is O=C(Cn1cnc2scc(-c3ccc(F)cc3)c2c1=O)N1CCCCCCC1. The second-order valence-electron chi connectivity index (χ2n) is 7.16. The van der Waals surface area contributed by atoms with Gasteiger partial charge in [0.25, 0.3) is 5.56 Å². The maximum atomic E-state index is 13.2. The van der Waals surface area contributed by atoms with Crippen LogP contribution in [0.3, 0.4) is 0 Å². The summed E-state index contributed by atoms with van der Waals surface area (Å²) in [6.45, 7) is 1.51. The van der Waals surface area contributed by atoms with E-state index in [1.54, 1.807) is 12.1 Å². The smallest absolute Gasteiger partial charge is 0.263 e. The van der Waals surface area contributed by atoms with Crippen molar-refractivity contribution in [2.75, 3.05) is 13.1 Å². The van der Waals surface area contributed by atoms with E-state index in [9.17, 15) is 14.0 Å². The Kier molecular flexibility index (Phi) is 5.52. The molecule has 1 amide bonds. The van der Waals surface area contributed by atoms with Gasteiger partial charge in [-0.2, -0.15) is 0 Å². The van der Waals surface area contributed by atoms with Crippen LogP contribution in [0, 0.1) is 5.82 Å². The molecule has 3 heterocycles. The number of hydrogen-bond donors (Lipinski definition) is 0. The Hall–Kier alpha value is -2.54. The quantitative estimate of drug-likeness (QED) is 0.667. The largest absolute Gasteiger partial charge is 0.341 e. The number of likely N-dealkylation sites (tertiary alicyclic amines) is 1. The second-order valence-corrected chi connectivity index (χ2v) is 8.02. The molecule has 2 aromatic heterocycles. The van der Waals surface area contributed by atoms with E-state index in [4.69, 9.17) is 0 Å². The number of aromatic nitrogens is 2. The maximum Gasteiger partial charge on any atom is 0.263 e. The van der Waals surface area contributed by atoms with Crippen molar-refractivity contribution in [3.8, 4) is 11.1 Å². The van der Waals surface area contributed by atoms with Gasteiger partial charge in [-0.05, 0) is 30.5 Å². The maximum absolute atomic E-state index is 13.2. The first kappa shape index (κ1) is 18.8.